The predicted molar refractivity (Wildman–Crippen MR) is 105 cm³/mol. The van der Waals surface area contributed by atoms with Crippen molar-refractivity contribution < 1.29 is 14.2 Å². The average molecular weight is 382 g/mol. The Kier molecular flexibility index (Phi) is 5.28. The van der Waals surface area contributed by atoms with E-state index in [-0.39, 0.29) is 6.23 Å². The molecule has 4 heterocycles. The molecule has 0 radical (unpaired) electrons. The van der Waals surface area contributed by atoms with Gasteiger partial charge in [-0.2, -0.15) is 9.97 Å². The van der Waals surface area contributed by atoms with Gasteiger partial charge < -0.3 is 14.2 Å². The Balaban J connectivity index is 0.000000268. The number of rotatable bonds is 4. The smallest absolute Gasteiger partial charge is 0.318 e. The number of fused-ring (bicyclic) bond motifs is 2. The zero-order chi connectivity index (χ0) is 19.7. The summed E-state index contributed by atoms with van der Waals surface area (Å²) in [5.41, 5.74) is 3.28. The molecule has 6 rings (SSSR count). The molecule has 28 heavy (non-hydrogen) atoms. The number of hydrogen-bond acceptors (Lipinski definition) is 6. The molecule has 1 saturated carbocycles. The van der Waals surface area contributed by atoms with Crippen LogP contribution in [-0.2, 0) is 9.47 Å². The molecule has 7 nitrogen and oxygen atoms in total. The van der Waals surface area contributed by atoms with Crippen molar-refractivity contribution in [2.45, 2.75) is 51.5 Å². The van der Waals surface area contributed by atoms with Gasteiger partial charge in [-0.15, -0.1) is 0 Å². The fraction of sp³-hybridized carbons (Fsp3) is 0.476. The molecule has 3 atom stereocenters. The summed E-state index contributed by atoms with van der Waals surface area (Å²) in [7, 11) is 3.23. The van der Waals surface area contributed by atoms with Crippen LogP contribution in [0.25, 0.3) is 11.2 Å². The molecule has 0 spiro atoms. The van der Waals surface area contributed by atoms with Gasteiger partial charge in [0.2, 0.25) is 0 Å². The number of imidazole rings is 1. The van der Waals surface area contributed by atoms with Gasteiger partial charge in [0.15, 0.2) is 11.9 Å². The number of methoxy groups -OCH3 is 2. The van der Waals surface area contributed by atoms with Crippen LogP contribution in [0, 0.1) is 13.8 Å². The molecule has 1 aromatic carbocycles. The molecule has 148 valence electrons. The van der Waals surface area contributed by atoms with Crippen LogP contribution in [-0.4, -0.2) is 45.9 Å². The third-order valence-corrected chi connectivity index (χ3v) is 5.32. The lowest BCUT2D eigenvalue weighted by molar-refractivity contribution is -0.0647. The summed E-state index contributed by atoms with van der Waals surface area (Å²) in [5, 5.41) is 0. The van der Waals surface area contributed by atoms with Crippen molar-refractivity contribution in [3.05, 3.63) is 47.4 Å². The first-order valence-electron chi connectivity index (χ1n) is 9.61. The molecule has 2 saturated heterocycles. The lowest BCUT2D eigenvalue weighted by atomic mass is 10.2. The van der Waals surface area contributed by atoms with E-state index in [1.165, 1.54) is 19.3 Å². The van der Waals surface area contributed by atoms with E-state index in [0.717, 1.165) is 22.6 Å². The van der Waals surface area contributed by atoms with Gasteiger partial charge in [0.25, 0.3) is 0 Å². The Morgan fingerprint density at radius 2 is 1.71 bits per heavy atom. The monoisotopic (exact) mass is 382 g/mol. The van der Waals surface area contributed by atoms with Crippen molar-refractivity contribution in [3.63, 3.8) is 0 Å². The van der Waals surface area contributed by atoms with Gasteiger partial charge in [-0.3, -0.25) is 4.57 Å². The number of hydrogen-bond donors (Lipinski definition) is 0. The maximum Gasteiger partial charge on any atom is 0.318 e. The second-order valence-electron chi connectivity index (χ2n) is 7.19. The summed E-state index contributed by atoms with van der Waals surface area (Å²) in [4.78, 5) is 13.3. The van der Waals surface area contributed by atoms with E-state index >= 15 is 0 Å². The summed E-state index contributed by atoms with van der Waals surface area (Å²) < 4.78 is 18.1. The molecule has 2 aliphatic heterocycles. The zero-order valence-electron chi connectivity index (χ0n) is 16.8. The second kappa shape index (κ2) is 7.85. The minimum absolute atomic E-state index is 0.301. The highest BCUT2D eigenvalue weighted by atomic mass is 16.5. The van der Waals surface area contributed by atoms with Gasteiger partial charge in [-0.05, 0) is 33.1 Å². The second-order valence-corrected chi connectivity index (χ2v) is 7.19. The minimum Gasteiger partial charge on any atom is -0.467 e. The van der Waals surface area contributed by atoms with Gasteiger partial charge >= 0.3 is 6.01 Å². The average Bonchev–Trinajstić information content (AvgIpc) is 3.41. The quantitative estimate of drug-likeness (QED) is 0.687. The molecular weight excluding hydrogens is 356 g/mol. The largest absolute Gasteiger partial charge is 0.467 e. The van der Waals surface area contributed by atoms with Gasteiger partial charge in [0, 0.05) is 12.7 Å². The lowest BCUT2D eigenvalue weighted by Crippen LogP contribution is -2.25. The maximum atomic E-state index is 5.70. The van der Waals surface area contributed by atoms with Crippen LogP contribution in [0.15, 0.2) is 30.3 Å². The molecule has 3 aromatic rings. The van der Waals surface area contributed by atoms with E-state index < -0.39 is 0 Å². The van der Waals surface area contributed by atoms with Crippen LogP contribution in [0.3, 0.4) is 0 Å². The van der Waals surface area contributed by atoms with E-state index in [1.807, 2.05) is 48.7 Å². The Bertz CT molecular complexity index is 938. The predicted octanol–water partition coefficient (Wildman–Crippen LogP) is 3.58. The molecule has 0 amide bonds. The van der Waals surface area contributed by atoms with E-state index in [0.29, 0.717) is 23.9 Å². The summed E-state index contributed by atoms with van der Waals surface area (Å²) in [5.74, 6) is 0.816. The summed E-state index contributed by atoms with van der Waals surface area (Å²) in [6.07, 6.45) is 5.12. The van der Waals surface area contributed by atoms with E-state index in [4.69, 9.17) is 14.2 Å². The topological polar surface area (TPSA) is 71.3 Å². The molecule has 2 bridgehead atoms. The summed E-state index contributed by atoms with van der Waals surface area (Å²) >= 11 is 0. The first-order valence-corrected chi connectivity index (χ1v) is 9.61. The van der Waals surface area contributed by atoms with E-state index in [2.05, 4.69) is 15.0 Å². The fourth-order valence-electron chi connectivity index (χ4n) is 3.87. The van der Waals surface area contributed by atoms with Crippen molar-refractivity contribution in [1.29, 1.82) is 0 Å². The third-order valence-electron chi connectivity index (χ3n) is 5.32. The standard InChI is InChI=1S/C16H18N4O2.C5H8O/c1-10-13-14(19-16(17-10)22-4)20(11(2)18-13)15(21-3)12-8-6-5-7-9-12;1-2-5-3-4(1)6-5/h5-9,15H,1-4H3;4-5H,1-3H2. The molecule has 3 aliphatic rings. The number of aryl methyl sites for hydroxylation is 2. The number of benzene rings is 1. The Hall–Kier alpha value is -2.51. The maximum absolute atomic E-state index is 5.70. The Morgan fingerprint density at radius 1 is 1.04 bits per heavy atom. The van der Waals surface area contributed by atoms with Gasteiger partial charge in [-0.1, -0.05) is 30.3 Å². The third kappa shape index (κ3) is 3.47. The fourth-order valence-corrected chi connectivity index (χ4v) is 3.87. The van der Waals surface area contributed by atoms with Crippen LogP contribution < -0.4 is 4.74 Å². The van der Waals surface area contributed by atoms with E-state index in [1.54, 1.807) is 14.2 Å². The van der Waals surface area contributed by atoms with Crippen LogP contribution >= 0.6 is 0 Å². The lowest BCUT2D eigenvalue weighted by Gasteiger charge is -2.23. The van der Waals surface area contributed by atoms with Crippen LogP contribution in [0.4, 0.5) is 0 Å². The molecule has 2 aromatic heterocycles. The van der Waals surface area contributed by atoms with Crippen molar-refractivity contribution in [2.24, 2.45) is 0 Å². The number of aromatic nitrogens is 4. The van der Waals surface area contributed by atoms with Crippen LogP contribution in [0.1, 0.15) is 42.6 Å². The van der Waals surface area contributed by atoms with Crippen LogP contribution in [0.5, 0.6) is 6.01 Å². The van der Waals surface area contributed by atoms with Crippen molar-refractivity contribution >= 4 is 11.2 Å². The molecule has 0 N–H and O–H groups in total. The summed E-state index contributed by atoms with van der Waals surface area (Å²) in [6.45, 7) is 3.83. The normalized spacial score (nSPS) is 21.0. The van der Waals surface area contributed by atoms with Gasteiger partial charge in [0.1, 0.15) is 11.3 Å². The highest BCUT2D eigenvalue weighted by Crippen LogP contribution is 2.36. The molecule has 3 fully saturated rings. The van der Waals surface area contributed by atoms with Crippen LogP contribution in [0.2, 0.25) is 0 Å². The number of nitrogens with zero attached hydrogens (tertiary/aromatic N) is 4. The molecule has 3 unspecified atom stereocenters. The SMILES string of the molecule is C1CC2CC1O2.COc1nc(C)c2nc(C)n(C(OC)c3ccccc3)c2n1. The van der Waals surface area contributed by atoms with Crippen molar-refractivity contribution in [2.75, 3.05) is 14.2 Å². The number of ether oxygens (including phenoxy) is 3. The molecular formula is C21H26N4O3. The van der Waals surface area contributed by atoms with Crippen molar-refractivity contribution in [1.82, 2.24) is 19.5 Å². The minimum atomic E-state index is -0.301. The molecule has 7 heteroatoms. The Morgan fingerprint density at radius 3 is 2.25 bits per heavy atom. The Labute approximate surface area is 164 Å². The first-order chi connectivity index (χ1) is 13.6. The van der Waals surface area contributed by atoms with Crippen molar-refractivity contribution in [3.8, 4) is 6.01 Å². The van der Waals surface area contributed by atoms with Gasteiger partial charge in [0.05, 0.1) is 25.0 Å². The van der Waals surface area contributed by atoms with Gasteiger partial charge in [-0.25, -0.2) is 4.98 Å². The highest BCUT2D eigenvalue weighted by Gasteiger charge is 2.36. The molecule has 1 aliphatic carbocycles. The summed E-state index contributed by atoms with van der Waals surface area (Å²) in [6, 6.07) is 10.3. The zero-order valence-corrected chi connectivity index (χ0v) is 16.8. The first kappa shape index (κ1) is 18.8. The highest BCUT2D eigenvalue weighted by molar-refractivity contribution is 5.74. The van der Waals surface area contributed by atoms with E-state index in [9.17, 15) is 0 Å².